The summed E-state index contributed by atoms with van der Waals surface area (Å²) in [5.41, 5.74) is 5.71. The number of hydrogen-bond donors (Lipinski definition) is 1. The van der Waals surface area contributed by atoms with Crippen molar-refractivity contribution in [1.82, 2.24) is 0 Å². The van der Waals surface area contributed by atoms with Crippen molar-refractivity contribution in [1.29, 1.82) is 0 Å². The summed E-state index contributed by atoms with van der Waals surface area (Å²) in [4.78, 5) is 0. The molecule has 0 amide bonds. The van der Waals surface area contributed by atoms with E-state index in [4.69, 9.17) is 24.7 Å². The van der Waals surface area contributed by atoms with Crippen molar-refractivity contribution >= 4 is 0 Å². The van der Waals surface area contributed by atoms with Crippen LogP contribution < -0.4 is 5.73 Å². The standard InChI is InChI=1S/C11H19NO4/c1-4-11-5-13-9(16-11)6(12)7-8(11)15-10(2,3)14-7/h6-9H,4-5,12H2,1-3H3/t6-,7-,8-,9?,11?/m1/s1. The van der Waals surface area contributed by atoms with Gasteiger partial charge >= 0.3 is 0 Å². The molecule has 16 heavy (non-hydrogen) atoms. The van der Waals surface area contributed by atoms with Gasteiger partial charge in [0.25, 0.3) is 0 Å². The average molecular weight is 229 g/mol. The van der Waals surface area contributed by atoms with Crippen molar-refractivity contribution in [3.8, 4) is 0 Å². The molecule has 3 aliphatic heterocycles. The molecule has 3 saturated heterocycles. The molecule has 5 heteroatoms. The summed E-state index contributed by atoms with van der Waals surface area (Å²) in [6, 6.07) is -0.269. The normalized spacial score (nSPS) is 54.0. The molecule has 0 aromatic heterocycles. The fraction of sp³-hybridized carbons (Fsp3) is 1.00. The highest BCUT2D eigenvalue weighted by Gasteiger charge is 2.64. The summed E-state index contributed by atoms with van der Waals surface area (Å²) in [5.74, 6) is -0.580. The zero-order valence-electron chi connectivity index (χ0n) is 9.93. The molecular formula is C11H19NO4. The molecule has 2 N–H and O–H groups in total. The van der Waals surface area contributed by atoms with Crippen molar-refractivity contribution in [2.24, 2.45) is 5.73 Å². The quantitative estimate of drug-likeness (QED) is 0.703. The van der Waals surface area contributed by atoms with Gasteiger partial charge < -0.3 is 24.7 Å². The molecule has 3 heterocycles. The van der Waals surface area contributed by atoms with E-state index in [9.17, 15) is 0 Å². The molecule has 0 aromatic carbocycles. The van der Waals surface area contributed by atoms with E-state index in [0.29, 0.717) is 6.61 Å². The Morgan fingerprint density at radius 3 is 2.69 bits per heavy atom. The van der Waals surface area contributed by atoms with Crippen LogP contribution in [0.15, 0.2) is 0 Å². The molecule has 0 aliphatic carbocycles. The summed E-state index contributed by atoms with van der Waals surface area (Å²) in [5, 5.41) is 0. The van der Waals surface area contributed by atoms with E-state index in [-0.39, 0.29) is 30.1 Å². The van der Waals surface area contributed by atoms with E-state index in [2.05, 4.69) is 6.92 Å². The average Bonchev–Trinajstić information content (AvgIpc) is 2.76. The highest BCUT2D eigenvalue weighted by atomic mass is 16.8. The number of ether oxygens (including phenoxy) is 4. The minimum Gasteiger partial charge on any atom is -0.348 e. The second-order valence-corrected chi connectivity index (χ2v) is 5.31. The van der Waals surface area contributed by atoms with E-state index in [1.807, 2.05) is 13.8 Å². The minimum atomic E-state index is -0.580. The monoisotopic (exact) mass is 229 g/mol. The van der Waals surface area contributed by atoms with Crippen LogP contribution in [0.2, 0.25) is 0 Å². The number of rotatable bonds is 1. The van der Waals surface area contributed by atoms with Gasteiger partial charge in [0.05, 0.1) is 12.6 Å². The van der Waals surface area contributed by atoms with Gasteiger partial charge in [-0.3, -0.25) is 0 Å². The summed E-state index contributed by atoms with van der Waals surface area (Å²) >= 11 is 0. The third kappa shape index (κ3) is 1.29. The van der Waals surface area contributed by atoms with E-state index >= 15 is 0 Å². The van der Waals surface area contributed by atoms with E-state index in [1.165, 1.54) is 0 Å². The van der Waals surface area contributed by atoms with Crippen LogP contribution in [0.1, 0.15) is 27.2 Å². The molecule has 5 nitrogen and oxygen atoms in total. The molecule has 0 saturated carbocycles. The van der Waals surface area contributed by atoms with Crippen LogP contribution in [0.5, 0.6) is 0 Å². The summed E-state index contributed by atoms with van der Waals surface area (Å²) in [6.07, 6.45) is 0.243. The van der Waals surface area contributed by atoms with Gasteiger partial charge in [0, 0.05) is 0 Å². The fourth-order valence-electron chi connectivity index (χ4n) is 2.88. The second kappa shape index (κ2) is 3.17. The van der Waals surface area contributed by atoms with Gasteiger partial charge in [-0.05, 0) is 20.3 Å². The Kier molecular flexibility index (Phi) is 2.17. The molecule has 0 radical (unpaired) electrons. The number of nitrogens with two attached hydrogens (primary N) is 1. The van der Waals surface area contributed by atoms with Crippen LogP contribution in [0.4, 0.5) is 0 Å². The first kappa shape index (κ1) is 10.9. The zero-order chi connectivity index (χ0) is 11.6. The summed E-state index contributed by atoms with van der Waals surface area (Å²) in [6.45, 7) is 6.45. The third-order valence-electron chi connectivity index (χ3n) is 3.78. The van der Waals surface area contributed by atoms with Gasteiger partial charge in [-0.15, -0.1) is 0 Å². The van der Waals surface area contributed by atoms with Gasteiger partial charge in [0.1, 0.15) is 17.8 Å². The van der Waals surface area contributed by atoms with Crippen LogP contribution in [0.25, 0.3) is 0 Å². The highest BCUT2D eigenvalue weighted by Crippen LogP contribution is 2.46. The first-order chi connectivity index (χ1) is 7.47. The van der Waals surface area contributed by atoms with Crippen molar-refractivity contribution in [3.63, 3.8) is 0 Å². The lowest BCUT2D eigenvalue weighted by Crippen LogP contribution is -2.61. The summed E-state index contributed by atoms with van der Waals surface area (Å²) < 4.78 is 23.3. The molecule has 2 unspecified atom stereocenters. The molecule has 3 aliphatic rings. The maximum atomic E-state index is 6.08. The second-order valence-electron chi connectivity index (χ2n) is 5.31. The Balaban J connectivity index is 1.95. The smallest absolute Gasteiger partial charge is 0.176 e. The zero-order valence-corrected chi connectivity index (χ0v) is 9.93. The van der Waals surface area contributed by atoms with Gasteiger partial charge in [-0.1, -0.05) is 6.92 Å². The fourth-order valence-corrected chi connectivity index (χ4v) is 2.88. The van der Waals surface area contributed by atoms with Crippen LogP contribution in [-0.4, -0.2) is 42.5 Å². The lowest BCUT2D eigenvalue weighted by atomic mass is 9.86. The SMILES string of the molecule is CCC12COC(O1)[C@H](N)[C@H]1OC(C)(C)O[C@H]12. The van der Waals surface area contributed by atoms with Crippen LogP contribution in [0, 0.1) is 0 Å². The maximum absolute atomic E-state index is 6.08. The van der Waals surface area contributed by atoms with Crippen LogP contribution in [-0.2, 0) is 18.9 Å². The predicted octanol–water partition coefficient (Wildman–Crippen LogP) is 0.369. The Morgan fingerprint density at radius 1 is 1.25 bits per heavy atom. The van der Waals surface area contributed by atoms with E-state index < -0.39 is 5.79 Å². The molecule has 0 spiro atoms. The topological polar surface area (TPSA) is 62.9 Å². The van der Waals surface area contributed by atoms with Gasteiger partial charge in [-0.25, -0.2) is 0 Å². The van der Waals surface area contributed by atoms with Crippen molar-refractivity contribution in [2.75, 3.05) is 6.61 Å². The Morgan fingerprint density at radius 2 is 2.00 bits per heavy atom. The molecule has 2 bridgehead atoms. The third-order valence-corrected chi connectivity index (χ3v) is 3.78. The van der Waals surface area contributed by atoms with E-state index in [0.717, 1.165) is 6.42 Å². The Bertz CT molecular complexity index is 308. The van der Waals surface area contributed by atoms with Crippen molar-refractivity contribution in [2.45, 2.75) is 63.1 Å². The summed E-state index contributed by atoms with van der Waals surface area (Å²) in [7, 11) is 0. The van der Waals surface area contributed by atoms with Crippen molar-refractivity contribution < 1.29 is 18.9 Å². The predicted molar refractivity (Wildman–Crippen MR) is 55.6 cm³/mol. The molecule has 3 rings (SSSR count). The maximum Gasteiger partial charge on any atom is 0.176 e. The van der Waals surface area contributed by atoms with Crippen LogP contribution >= 0.6 is 0 Å². The van der Waals surface area contributed by atoms with Gasteiger partial charge in [-0.2, -0.15) is 0 Å². The molecule has 0 aromatic rings. The number of hydrogen-bond acceptors (Lipinski definition) is 5. The molecule has 3 fully saturated rings. The van der Waals surface area contributed by atoms with Crippen molar-refractivity contribution in [3.05, 3.63) is 0 Å². The first-order valence-corrected chi connectivity index (χ1v) is 5.88. The Labute approximate surface area is 95.2 Å². The van der Waals surface area contributed by atoms with Gasteiger partial charge in [0.2, 0.25) is 0 Å². The van der Waals surface area contributed by atoms with Crippen LogP contribution in [0.3, 0.4) is 0 Å². The molecule has 5 atom stereocenters. The lowest BCUT2D eigenvalue weighted by Gasteiger charge is -2.40. The highest BCUT2D eigenvalue weighted by molar-refractivity contribution is 5.08. The number of fused-ring (bicyclic) bond motifs is 4. The minimum absolute atomic E-state index is 0.124. The lowest BCUT2D eigenvalue weighted by molar-refractivity contribution is -0.193. The van der Waals surface area contributed by atoms with Gasteiger partial charge in [0.15, 0.2) is 12.1 Å². The largest absolute Gasteiger partial charge is 0.348 e. The molecular weight excluding hydrogens is 210 g/mol. The van der Waals surface area contributed by atoms with E-state index in [1.54, 1.807) is 0 Å². The first-order valence-electron chi connectivity index (χ1n) is 5.88. The Hall–Kier alpha value is -0.200. The molecule has 92 valence electrons.